The minimum atomic E-state index is -4.49. The Kier molecular flexibility index (Phi) is 5.50. The molecule has 7 nitrogen and oxygen atoms in total. The second kappa shape index (κ2) is 7.85. The first kappa shape index (κ1) is 19.6. The van der Waals surface area contributed by atoms with Gasteiger partial charge < -0.3 is 9.84 Å². The zero-order valence-corrected chi connectivity index (χ0v) is 14.8. The number of halogens is 4. The number of hydrogen-bond acceptors (Lipinski definition) is 6. The number of rotatable bonds is 5. The van der Waals surface area contributed by atoms with Crippen molar-refractivity contribution in [1.82, 2.24) is 19.7 Å². The highest BCUT2D eigenvalue weighted by Gasteiger charge is 2.28. The third-order valence-corrected chi connectivity index (χ3v) is 3.80. The van der Waals surface area contributed by atoms with Crippen molar-refractivity contribution in [2.75, 3.05) is 6.61 Å². The third-order valence-electron chi connectivity index (χ3n) is 3.50. The summed E-state index contributed by atoms with van der Waals surface area (Å²) in [5, 5.41) is 13.8. The summed E-state index contributed by atoms with van der Waals surface area (Å²) in [6, 6.07) is 6.81. The molecule has 0 amide bonds. The van der Waals surface area contributed by atoms with Crippen molar-refractivity contribution in [3.63, 3.8) is 0 Å². The highest BCUT2D eigenvalue weighted by atomic mass is 35.5. The zero-order chi connectivity index (χ0) is 20.3. The van der Waals surface area contributed by atoms with Crippen molar-refractivity contribution in [2.45, 2.75) is 12.7 Å². The van der Waals surface area contributed by atoms with Crippen molar-refractivity contribution in [3.8, 4) is 23.0 Å². The molecule has 0 spiro atoms. The number of hydrogen-bond donors (Lipinski definition) is 1. The molecule has 0 bridgehead atoms. The minimum absolute atomic E-state index is 0.0792. The SMILES string of the molecule is O=c1ccc(-c2cnc(OCC(F)(F)F)nc2)nn1Cc1ccc(O)c(Cl)c1. The summed E-state index contributed by atoms with van der Waals surface area (Å²) in [5.74, 6) is -0.0792. The summed E-state index contributed by atoms with van der Waals surface area (Å²) in [7, 11) is 0. The lowest BCUT2D eigenvalue weighted by Crippen LogP contribution is -2.23. The van der Waals surface area contributed by atoms with Crippen molar-refractivity contribution < 1.29 is 23.0 Å². The highest BCUT2D eigenvalue weighted by molar-refractivity contribution is 6.32. The largest absolute Gasteiger partial charge is 0.506 e. The Bertz CT molecular complexity index is 1040. The van der Waals surface area contributed by atoms with E-state index in [2.05, 4.69) is 19.8 Å². The molecule has 1 aromatic carbocycles. The number of phenols is 1. The van der Waals surface area contributed by atoms with Gasteiger partial charge in [-0.25, -0.2) is 14.6 Å². The molecule has 11 heteroatoms. The van der Waals surface area contributed by atoms with Crippen LogP contribution in [0.3, 0.4) is 0 Å². The molecule has 0 aliphatic rings. The Morgan fingerprint density at radius 1 is 1.14 bits per heavy atom. The normalized spacial score (nSPS) is 11.4. The smallest absolute Gasteiger partial charge is 0.422 e. The minimum Gasteiger partial charge on any atom is -0.506 e. The van der Waals surface area contributed by atoms with Crippen molar-refractivity contribution in [3.05, 3.63) is 63.7 Å². The Balaban J connectivity index is 1.80. The van der Waals surface area contributed by atoms with Crippen LogP contribution in [0.1, 0.15) is 5.56 Å². The van der Waals surface area contributed by atoms with E-state index in [4.69, 9.17) is 11.6 Å². The van der Waals surface area contributed by atoms with Gasteiger partial charge in [-0.05, 0) is 23.8 Å². The average Bonchev–Trinajstić information content (AvgIpc) is 2.65. The van der Waals surface area contributed by atoms with E-state index in [1.165, 1.54) is 41.3 Å². The molecule has 0 aliphatic heterocycles. The van der Waals surface area contributed by atoms with Crippen LogP contribution in [0.25, 0.3) is 11.3 Å². The molecule has 0 fully saturated rings. The molecule has 0 saturated heterocycles. The fourth-order valence-corrected chi connectivity index (χ4v) is 2.41. The molecule has 0 radical (unpaired) electrons. The van der Waals surface area contributed by atoms with Crippen LogP contribution in [0, 0.1) is 0 Å². The fourth-order valence-electron chi connectivity index (χ4n) is 2.21. The van der Waals surface area contributed by atoms with Gasteiger partial charge in [0, 0.05) is 24.0 Å². The number of benzene rings is 1. The van der Waals surface area contributed by atoms with E-state index in [0.717, 1.165) is 0 Å². The van der Waals surface area contributed by atoms with Crippen LogP contribution in [0.5, 0.6) is 11.8 Å². The van der Waals surface area contributed by atoms with E-state index < -0.39 is 18.8 Å². The lowest BCUT2D eigenvalue weighted by atomic mass is 10.2. The van der Waals surface area contributed by atoms with Gasteiger partial charge in [-0.15, -0.1) is 0 Å². The van der Waals surface area contributed by atoms with E-state index in [-0.39, 0.29) is 22.9 Å². The predicted octanol–water partition coefficient (Wildman–Crippen LogP) is 3.05. The van der Waals surface area contributed by atoms with E-state index in [0.29, 0.717) is 16.8 Å². The molecule has 0 aliphatic carbocycles. The van der Waals surface area contributed by atoms with Gasteiger partial charge >= 0.3 is 12.2 Å². The topological polar surface area (TPSA) is 90.1 Å². The lowest BCUT2D eigenvalue weighted by Gasteiger charge is -2.09. The van der Waals surface area contributed by atoms with Gasteiger partial charge in [0.2, 0.25) is 0 Å². The first-order chi connectivity index (χ1) is 13.2. The molecule has 146 valence electrons. The first-order valence-corrected chi connectivity index (χ1v) is 8.16. The number of ether oxygens (including phenoxy) is 1. The van der Waals surface area contributed by atoms with Crippen molar-refractivity contribution >= 4 is 11.6 Å². The van der Waals surface area contributed by atoms with Gasteiger partial charge in [-0.1, -0.05) is 17.7 Å². The van der Waals surface area contributed by atoms with Crippen molar-refractivity contribution in [2.24, 2.45) is 0 Å². The summed E-state index contributed by atoms with van der Waals surface area (Å²) in [4.78, 5) is 19.5. The quantitative estimate of drug-likeness (QED) is 0.692. The predicted molar refractivity (Wildman–Crippen MR) is 93.3 cm³/mol. The van der Waals surface area contributed by atoms with Gasteiger partial charge in [0.15, 0.2) is 6.61 Å². The molecule has 3 rings (SSSR count). The molecule has 2 heterocycles. The van der Waals surface area contributed by atoms with Crippen LogP contribution in [-0.2, 0) is 6.54 Å². The zero-order valence-electron chi connectivity index (χ0n) is 14.0. The second-order valence-corrected chi connectivity index (χ2v) is 6.07. The van der Waals surface area contributed by atoms with Crippen LogP contribution in [-0.4, -0.2) is 37.6 Å². The molecule has 2 aromatic heterocycles. The van der Waals surface area contributed by atoms with Gasteiger partial charge in [-0.3, -0.25) is 4.79 Å². The summed E-state index contributed by atoms with van der Waals surface area (Å²) in [6.07, 6.45) is -2.00. The van der Waals surface area contributed by atoms with E-state index in [9.17, 15) is 23.1 Å². The van der Waals surface area contributed by atoms with Crippen LogP contribution in [0.4, 0.5) is 13.2 Å². The summed E-state index contributed by atoms with van der Waals surface area (Å²) in [5.41, 5.74) is 0.990. The first-order valence-electron chi connectivity index (χ1n) is 7.79. The maximum absolute atomic E-state index is 12.1. The molecule has 0 atom stereocenters. The van der Waals surface area contributed by atoms with Crippen LogP contribution >= 0.6 is 11.6 Å². The van der Waals surface area contributed by atoms with Gasteiger partial charge in [0.25, 0.3) is 5.56 Å². The summed E-state index contributed by atoms with van der Waals surface area (Å²) in [6.45, 7) is -1.40. The average molecular weight is 413 g/mol. The highest BCUT2D eigenvalue weighted by Crippen LogP contribution is 2.24. The maximum Gasteiger partial charge on any atom is 0.422 e. The Labute approximate surface area is 161 Å². The third kappa shape index (κ3) is 4.97. The van der Waals surface area contributed by atoms with Crippen LogP contribution in [0.15, 0.2) is 47.5 Å². The van der Waals surface area contributed by atoms with E-state index in [1.807, 2.05) is 0 Å². The Hall–Kier alpha value is -3.14. The molecule has 28 heavy (non-hydrogen) atoms. The van der Waals surface area contributed by atoms with E-state index >= 15 is 0 Å². The molecular formula is C17H12ClF3N4O3. The van der Waals surface area contributed by atoms with E-state index in [1.54, 1.807) is 6.07 Å². The standard InChI is InChI=1S/C17H12ClF3N4O3/c18-12-5-10(1-3-14(12)26)8-25-15(27)4-2-13(24-25)11-6-22-16(23-7-11)28-9-17(19,20)21/h1-7,26H,8-9H2. The van der Waals surface area contributed by atoms with Crippen molar-refractivity contribution in [1.29, 1.82) is 0 Å². The molecule has 0 saturated carbocycles. The number of nitrogens with zero attached hydrogens (tertiary/aromatic N) is 4. The monoisotopic (exact) mass is 412 g/mol. The molecular weight excluding hydrogens is 401 g/mol. The summed E-state index contributed by atoms with van der Waals surface area (Å²) >= 11 is 5.86. The van der Waals surface area contributed by atoms with Gasteiger partial charge in [-0.2, -0.15) is 18.3 Å². The van der Waals surface area contributed by atoms with Gasteiger partial charge in [0.05, 0.1) is 17.3 Å². The van der Waals surface area contributed by atoms with Gasteiger partial charge in [0.1, 0.15) is 5.75 Å². The number of phenolic OH excluding ortho intramolecular Hbond substituents is 1. The van der Waals surface area contributed by atoms with Crippen LogP contribution < -0.4 is 10.3 Å². The molecule has 0 unspecified atom stereocenters. The summed E-state index contributed by atoms with van der Waals surface area (Å²) < 4.78 is 42.1. The fraction of sp³-hybridized carbons (Fsp3) is 0.176. The number of alkyl halides is 3. The molecule has 3 aromatic rings. The number of aromatic hydroxyl groups is 1. The Morgan fingerprint density at radius 3 is 2.50 bits per heavy atom. The second-order valence-electron chi connectivity index (χ2n) is 5.66. The maximum atomic E-state index is 12.1. The van der Waals surface area contributed by atoms with Crippen LogP contribution in [0.2, 0.25) is 5.02 Å². The Morgan fingerprint density at radius 2 is 1.86 bits per heavy atom. The lowest BCUT2D eigenvalue weighted by molar-refractivity contribution is -0.154. The molecule has 1 N–H and O–H groups in total. The number of aromatic nitrogens is 4.